The zero-order valence-corrected chi connectivity index (χ0v) is 9.21. The standard InChI is InChI=1S/C12H14O4/c1-14-11-8-3-5-15-10(8)9(6-13)7-2-4-16-12(7)11/h13H,2-6H2,1H3. The van der Waals surface area contributed by atoms with Gasteiger partial charge >= 0.3 is 0 Å². The van der Waals surface area contributed by atoms with Crippen molar-refractivity contribution in [2.24, 2.45) is 0 Å². The van der Waals surface area contributed by atoms with Gasteiger partial charge in [0.15, 0.2) is 11.5 Å². The molecule has 0 unspecified atom stereocenters. The minimum absolute atomic E-state index is 0.00196. The lowest BCUT2D eigenvalue weighted by molar-refractivity contribution is 0.269. The summed E-state index contributed by atoms with van der Waals surface area (Å²) in [5, 5.41) is 9.45. The maximum atomic E-state index is 9.45. The monoisotopic (exact) mass is 222 g/mol. The molecule has 16 heavy (non-hydrogen) atoms. The van der Waals surface area contributed by atoms with Crippen LogP contribution in [0.3, 0.4) is 0 Å². The van der Waals surface area contributed by atoms with Gasteiger partial charge in [-0.15, -0.1) is 0 Å². The highest BCUT2D eigenvalue weighted by Gasteiger charge is 2.31. The van der Waals surface area contributed by atoms with Crippen molar-refractivity contribution in [3.63, 3.8) is 0 Å². The summed E-state index contributed by atoms with van der Waals surface area (Å²) in [7, 11) is 1.65. The van der Waals surface area contributed by atoms with Crippen LogP contribution in [0.5, 0.6) is 17.2 Å². The molecule has 0 fully saturated rings. The highest BCUT2D eigenvalue weighted by Crippen LogP contribution is 2.48. The quantitative estimate of drug-likeness (QED) is 0.812. The molecule has 1 aromatic carbocycles. The molecule has 4 heteroatoms. The smallest absolute Gasteiger partial charge is 0.168 e. The molecule has 0 atom stereocenters. The highest BCUT2D eigenvalue weighted by molar-refractivity contribution is 5.65. The van der Waals surface area contributed by atoms with E-state index in [-0.39, 0.29) is 6.61 Å². The van der Waals surface area contributed by atoms with Crippen LogP contribution in [0.2, 0.25) is 0 Å². The van der Waals surface area contributed by atoms with Crippen LogP contribution < -0.4 is 14.2 Å². The molecular weight excluding hydrogens is 208 g/mol. The molecule has 0 spiro atoms. The fourth-order valence-electron chi connectivity index (χ4n) is 2.55. The van der Waals surface area contributed by atoms with Crippen LogP contribution in [0.1, 0.15) is 16.7 Å². The second-order valence-corrected chi connectivity index (χ2v) is 3.98. The summed E-state index contributed by atoms with van der Waals surface area (Å²) in [6.45, 7) is 1.31. The summed E-state index contributed by atoms with van der Waals surface area (Å²) in [6.07, 6.45) is 1.64. The van der Waals surface area contributed by atoms with Gasteiger partial charge in [0.2, 0.25) is 0 Å². The van der Waals surface area contributed by atoms with E-state index in [0.717, 1.165) is 46.8 Å². The third kappa shape index (κ3) is 1.13. The van der Waals surface area contributed by atoms with E-state index in [9.17, 15) is 5.11 Å². The molecule has 0 saturated heterocycles. The number of benzene rings is 1. The first-order chi connectivity index (χ1) is 7.86. The normalized spacial score (nSPS) is 16.4. The van der Waals surface area contributed by atoms with Gasteiger partial charge in [0, 0.05) is 29.5 Å². The number of hydrogen-bond donors (Lipinski definition) is 1. The van der Waals surface area contributed by atoms with Crippen molar-refractivity contribution in [3.05, 3.63) is 16.7 Å². The first kappa shape index (κ1) is 9.78. The first-order valence-corrected chi connectivity index (χ1v) is 5.47. The third-order valence-corrected chi connectivity index (χ3v) is 3.23. The van der Waals surface area contributed by atoms with Crippen molar-refractivity contribution in [1.29, 1.82) is 0 Å². The topological polar surface area (TPSA) is 47.9 Å². The Labute approximate surface area is 93.7 Å². The summed E-state index contributed by atoms with van der Waals surface area (Å²) in [6, 6.07) is 0. The number of methoxy groups -OCH3 is 1. The van der Waals surface area contributed by atoms with Gasteiger partial charge in [0.1, 0.15) is 5.75 Å². The first-order valence-electron chi connectivity index (χ1n) is 5.47. The van der Waals surface area contributed by atoms with Gasteiger partial charge in [0.05, 0.1) is 26.9 Å². The lowest BCUT2D eigenvalue weighted by Gasteiger charge is -2.15. The Morgan fingerprint density at radius 3 is 2.50 bits per heavy atom. The molecule has 0 aliphatic carbocycles. The van der Waals surface area contributed by atoms with E-state index < -0.39 is 0 Å². The summed E-state index contributed by atoms with van der Waals surface area (Å²) in [4.78, 5) is 0. The number of aliphatic hydroxyl groups excluding tert-OH is 1. The average molecular weight is 222 g/mol. The van der Waals surface area contributed by atoms with Gasteiger partial charge in [-0.1, -0.05) is 0 Å². The van der Waals surface area contributed by atoms with E-state index in [1.807, 2.05) is 0 Å². The molecule has 0 amide bonds. The Balaban J connectivity index is 2.29. The maximum absolute atomic E-state index is 9.45. The van der Waals surface area contributed by atoms with Crippen molar-refractivity contribution in [3.8, 4) is 17.2 Å². The fraction of sp³-hybridized carbons (Fsp3) is 0.500. The van der Waals surface area contributed by atoms with Crippen molar-refractivity contribution in [2.45, 2.75) is 19.4 Å². The van der Waals surface area contributed by atoms with Crippen LogP contribution in [-0.4, -0.2) is 25.4 Å². The van der Waals surface area contributed by atoms with E-state index in [2.05, 4.69) is 0 Å². The molecule has 2 heterocycles. The van der Waals surface area contributed by atoms with Crippen LogP contribution in [-0.2, 0) is 19.4 Å². The van der Waals surface area contributed by atoms with Gasteiger partial charge in [-0.05, 0) is 0 Å². The number of ether oxygens (including phenoxy) is 3. The zero-order chi connectivity index (χ0) is 11.1. The lowest BCUT2D eigenvalue weighted by atomic mass is 9.99. The van der Waals surface area contributed by atoms with Gasteiger partial charge in [-0.3, -0.25) is 0 Å². The Hall–Kier alpha value is -1.42. The average Bonchev–Trinajstić information content (AvgIpc) is 2.93. The predicted octanol–water partition coefficient (Wildman–Crippen LogP) is 1.06. The minimum atomic E-state index is -0.00196. The summed E-state index contributed by atoms with van der Waals surface area (Å²) in [5.74, 6) is 2.40. The largest absolute Gasteiger partial charge is 0.492 e. The molecular formula is C12H14O4. The molecule has 0 bridgehead atoms. The van der Waals surface area contributed by atoms with Crippen LogP contribution in [0.15, 0.2) is 0 Å². The van der Waals surface area contributed by atoms with E-state index in [1.54, 1.807) is 7.11 Å². The van der Waals surface area contributed by atoms with E-state index in [1.165, 1.54) is 0 Å². The molecule has 0 saturated carbocycles. The fourth-order valence-corrected chi connectivity index (χ4v) is 2.55. The predicted molar refractivity (Wildman–Crippen MR) is 57.3 cm³/mol. The van der Waals surface area contributed by atoms with E-state index in [4.69, 9.17) is 14.2 Å². The maximum Gasteiger partial charge on any atom is 0.168 e. The molecule has 1 aromatic rings. The van der Waals surface area contributed by atoms with Crippen molar-refractivity contribution in [1.82, 2.24) is 0 Å². The van der Waals surface area contributed by atoms with Crippen molar-refractivity contribution < 1.29 is 19.3 Å². The lowest BCUT2D eigenvalue weighted by Crippen LogP contribution is -1.99. The van der Waals surface area contributed by atoms with Crippen LogP contribution in [0.25, 0.3) is 0 Å². The molecule has 3 rings (SSSR count). The Bertz CT molecular complexity index is 365. The van der Waals surface area contributed by atoms with Crippen molar-refractivity contribution in [2.75, 3.05) is 20.3 Å². The Kier molecular flexibility index (Phi) is 2.17. The van der Waals surface area contributed by atoms with Gasteiger partial charge in [0.25, 0.3) is 0 Å². The van der Waals surface area contributed by atoms with E-state index >= 15 is 0 Å². The van der Waals surface area contributed by atoms with Crippen LogP contribution in [0.4, 0.5) is 0 Å². The second-order valence-electron chi connectivity index (χ2n) is 3.98. The molecule has 86 valence electrons. The molecule has 0 aromatic heterocycles. The highest BCUT2D eigenvalue weighted by atomic mass is 16.5. The molecule has 2 aliphatic heterocycles. The minimum Gasteiger partial charge on any atom is -0.492 e. The van der Waals surface area contributed by atoms with Crippen LogP contribution >= 0.6 is 0 Å². The van der Waals surface area contributed by atoms with E-state index in [0.29, 0.717) is 13.2 Å². The molecule has 0 radical (unpaired) electrons. The van der Waals surface area contributed by atoms with Gasteiger partial charge in [-0.2, -0.15) is 0 Å². The summed E-state index contributed by atoms with van der Waals surface area (Å²) < 4.78 is 16.6. The number of hydrogen-bond acceptors (Lipinski definition) is 4. The van der Waals surface area contributed by atoms with Gasteiger partial charge in [-0.25, -0.2) is 0 Å². The Morgan fingerprint density at radius 1 is 1.12 bits per heavy atom. The number of rotatable bonds is 2. The van der Waals surface area contributed by atoms with Crippen molar-refractivity contribution >= 4 is 0 Å². The number of fused-ring (bicyclic) bond motifs is 2. The second kappa shape index (κ2) is 3.56. The SMILES string of the molecule is COc1c2c(c(CO)c3c1OCC3)OCC2. The Morgan fingerprint density at radius 2 is 1.81 bits per heavy atom. The van der Waals surface area contributed by atoms with Crippen LogP contribution in [0, 0.1) is 0 Å². The molecule has 4 nitrogen and oxygen atoms in total. The third-order valence-electron chi connectivity index (χ3n) is 3.23. The number of aliphatic hydroxyl groups is 1. The molecule has 2 aliphatic rings. The van der Waals surface area contributed by atoms with Gasteiger partial charge < -0.3 is 19.3 Å². The molecule has 1 N–H and O–H groups in total. The zero-order valence-electron chi connectivity index (χ0n) is 9.21. The summed E-state index contributed by atoms with van der Waals surface area (Å²) in [5.41, 5.74) is 2.95. The summed E-state index contributed by atoms with van der Waals surface area (Å²) >= 11 is 0.